The Balaban J connectivity index is 2.12. The van der Waals surface area contributed by atoms with Crippen LogP contribution in [0.25, 0.3) is 11.0 Å². The Morgan fingerprint density at radius 3 is 2.55 bits per heavy atom. The molecule has 6 nitrogen and oxygen atoms in total. The van der Waals surface area contributed by atoms with Crippen LogP contribution < -0.4 is 5.73 Å². The Morgan fingerprint density at radius 2 is 1.82 bits per heavy atom. The number of anilines is 1. The number of hydrogen-bond acceptors (Lipinski definition) is 5. The van der Waals surface area contributed by atoms with E-state index in [1.165, 1.54) is 0 Å². The lowest BCUT2D eigenvalue weighted by Crippen LogP contribution is -2.10. The SMILES string of the molecule is Cc1nc(C)c(Cn2c(N)nc3ccc(C=O)cc32)nc1C. The number of carbonyl (C=O) groups is 1. The van der Waals surface area contributed by atoms with E-state index in [4.69, 9.17) is 5.73 Å². The van der Waals surface area contributed by atoms with Gasteiger partial charge < -0.3 is 10.3 Å². The molecule has 0 aliphatic carbocycles. The zero-order chi connectivity index (χ0) is 15.9. The Kier molecular flexibility index (Phi) is 3.36. The second-order valence-electron chi connectivity index (χ2n) is 5.35. The minimum absolute atomic E-state index is 0.400. The maximum absolute atomic E-state index is 11.0. The molecule has 1 aromatic carbocycles. The minimum Gasteiger partial charge on any atom is -0.369 e. The average molecular weight is 295 g/mol. The number of nitrogens with two attached hydrogens (primary N) is 1. The number of benzene rings is 1. The summed E-state index contributed by atoms with van der Waals surface area (Å²) in [6.45, 7) is 6.28. The van der Waals surface area contributed by atoms with E-state index in [0.29, 0.717) is 18.1 Å². The molecule has 112 valence electrons. The van der Waals surface area contributed by atoms with Crippen LogP contribution in [0.2, 0.25) is 0 Å². The molecule has 0 bridgehead atoms. The fourth-order valence-corrected chi connectivity index (χ4v) is 2.46. The third-order valence-corrected chi connectivity index (χ3v) is 3.83. The lowest BCUT2D eigenvalue weighted by molar-refractivity contribution is 0.112. The standard InChI is InChI=1S/C16H17N5O/c1-9-10(2)19-14(11(3)18-9)7-21-15-6-12(8-22)4-5-13(15)20-16(21)17/h4-6,8H,7H2,1-3H3,(H2,17,20). The van der Waals surface area contributed by atoms with Crippen molar-refractivity contribution < 1.29 is 4.79 Å². The summed E-state index contributed by atoms with van der Waals surface area (Å²) in [7, 11) is 0. The van der Waals surface area contributed by atoms with Crippen molar-refractivity contribution in [3.05, 3.63) is 46.5 Å². The molecule has 0 aliphatic heterocycles. The molecule has 0 spiro atoms. The van der Waals surface area contributed by atoms with E-state index in [2.05, 4.69) is 15.0 Å². The molecule has 22 heavy (non-hydrogen) atoms. The first-order chi connectivity index (χ1) is 10.5. The van der Waals surface area contributed by atoms with Gasteiger partial charge >= 0.3 is 0 Å². The average Bonchev–Trinajstić information content (AvgIpc) is 2.80. The van der Waals surface area contributed by atoms with Gasteiger partial charge in [-0.25, -0.2) is 4.98 Å². The summed E-state index contributed by atoms with van der Waals surface area (Å²) in [6.07, 6.45) is 0.814. The highest BCUT2D eigenvalue weighted by Gasteiger charge is 2.12. The molecular formula is C16H17N5O. The first-order valence-corrected chi connectivity index (χ1v) is 7.01. The van der Waals surface area contributed by atoms with E-state index >= 15 is 0 Å². The Bertz CT molecular complexity index is 882. The van der Waals surface area contributed by atoms with Crippen LogP contribution >= 0.6 is 0 Å². The molecule has 0 radical (unpaired) electrons. The number of nitrogens with zero attached hydrogens (tertiary/aromatic N) is 4. The number of nitrogen functional groups attached to an aromatic ring is 1. The number of hydrogen-bond donors (Lipinski definition) is 1. The van der Waals surface area contributed by atoms with E-state index in [0.717, 1.165) is 40.1 Å². The zero-order valence-corrected chi connectivity index (χ0v) is 12.8. The number of rotatable bonds is 3. The van der Waals surface area contributed by atoms with Gasteiger partial charge in [0.25, 0.3) is 0 Å². The molecule has 2 aromatic heterocycles. The van der Waals surface area contributed by atoms with E-state index in [1.54, 1.807) is 18.2 Å². The van der Waals surface area contributed by atoms with Crippen LogP contribution in [0.3, 0.4) is 0 Å². The number of aldehydes is 1. The van der Waals surface area contributed by atoms with Crippen molar-refractivity contribution in [1.82, 2.24) is 19.5 Å². The first-order valence-electron chi connectivity index (χ1n) is 7.01. The molecule has 0 saturated heterocycles. The van der Waals surface area contributed by atoms with Gasteiger partial charge in [0.05, 0.1) is 40.4 Å². The quantitative estimate of drug-likeness (QED) is 0.748. The fourth-order valence-electron chi connectivity index (χ4n) is 2.46. The third kappa shape index (κ3) is 2.32. The monoisotopic (exact) mass is 295 g/mol. The molecule has 0 amide bonds. The van der Waals surface area contributed by atoms with Gasteiger partial charge in [0.2, 0.25) is 5.95 Å². The lowest BCUT2D eigenvalue weighted by atomic mass is 10.2. The van der Waals surface area contributed by atoms with Crippen LogP contribution in [-0.2, 0) is 6.54 Å². The molecule has 0 unspecified atom stereocenters. The molecule has 0 aliphatic rings. The highest BCUT2D eigenvalue weighted by Crippen LogP contribution is 2.21. The predicted molar refractivity (Wildman–Crippen MR) is 84.9 cm³/mol. The van der Waals surface area contributed by atoms with E-state index < -0.39 is 0 Å². The van der Waals surface area contributed by atoms with Crippen molar-refractivity contribution in [1.29, 1.82) is 0 Å². The van der Waals surface area contributed by atoms with Gasteiger partial charge in [0.1, 0.15) is 6.29 Å². The molecule has 0 atom stereocenters. The minimum atomic E-state index is 0.400. The van der Waals surface area contributed by atoms with Gasteiger partial charge in [0, 0.05) is 5.56 Å². The largest absolute Gasteiger partial charge is 0.369 e. The summed E-state index contributed by atoms with van der Waals surface area (Å²) < 4.78 is 1.86. The van der Waals surface area contributed by atoms with Crippen LogP contribution in [-0.4, -0.2) is 25.8 Å². The maximum Gasteiger partial charge on any atom is 0.201 e. The van der Waals surface area contributed by atoms with Gasteiger partial charge in [-0.1, -0.05) is 0 Å². The summed E-state index contributed by atoms with van der Waals surface area (Å²) >= 11 is 0. The summed E-state index contributed by atoms with van der Waals surface area (Å²) in [5, 5.41) is 0. The van der Waals surface area contributed by atoms with E-state index in [9.17, 15) is 4.79 Å². The summed E-state index contributed by atoms with van der Waals surface area (Å²) in [6, 6.07) is 5.31. The van der Waals surface area contributed by atoms with E-state index in [1.807, 2.05) is 25.3 Å². The summed E-state index contributed by atoms with van der Waals surface area (Å²) in [4.78, 5) is 24.4. The number of aryl methyl sites for hydroxylation is 3. The molecule has 2 N–H and O–H groups in total. The molecule has 3 rings (SSSR count). The van der Waals surface area contributed by atoms with Gasteiger partial charge in [-0.05, 0) is 39.0 Å². The van der Waals surface area contributed by atoms with Crippen molar-refractivity contribution in [3.63, 3.8) is 0 Å². The van der Waals surface area contributed by atoms with Crippen LogP contribution in [0.4, 0.5) is 5.95 Å². The topological polar surface area (TPSA) is 86.7 Å². The first kappa shape index (κ1) is 14.2. The Hall–Kier alpha value is -2.76. The molecule has 2 heterocycles. The number of imidazole rings is 1. The van der Waals surface area contributed by atoms with Crippen LogP contribution in [0.5, 0.6) is 0 Å². The van der Waals surface area contributed by atoms with Crippen molar-refractivity contribution in [2.45, 2.75) is 27.3 Å². The smallest absolute Gasteiger partial charge is 0.201 e. The third-order valence-electron chi connectivity index (χ3n) is 3.83. The Morgan fingerprint density at radius 1 is 1.09 bits per heavy atom. The molecule has 0 saturated carbocycles. The number of carbonyl (C=O) groups excluding carboxylic acids is 1. The molecule has 3 aromatic rings. The zero-order valence-electron chi connectivity index (χ0n) is 12.8. The Labute approximate surface area is 128 Å². The number of aromatic nitrogens is 4. The second-order valence-corrected chi connectivity index (χ2v) is 5.35. The predicted octanol–water partition coefficient (Wildman–Crippen LogP) is 2.19. The van der Waals surface area contributed by atoms with Crippen LogP contribution in [0, 0.1) is 20.8 Å². The highest BCUT2D eigenvalue weighted by molar-refractivity contribution is 5.86. The van der Waals surface area contributed by atoms with Gasteiger partial charge in [-0.2, -0.15) is 0 Å². The van der Waals surface area contributed by atoms with Crippen LogP contribution in [0.1, 0.15) is 33.1 Å². The van der Waals surface area contributed by atoms with Crippen molar-refractivity contribution in [3.8, 4) is 0 Å². The van der Waals surface area contributed by atoms with Crippen molar-refractivity contribution in [2.75, 3.05) is 5.73 Å². The molecule has 6 heteroatoms. The normalized spacial score (nSPS) is 11.0. The summed E-state index contributed by atoms with van der Waals surface area (Å²) in [5.41, 5.74) is 11.8. The van der Waals surface area contributed by atoms with Gasteiger partial charge in [-0.3, -0.25) is 14.8 Å². The number of fused-ring (bicyclic) bond motifs is 1. The van der Waals surface area contributed by atoms with E-state index in [-0.39, 0.29) is 0 Å². The van der Waals surface area contributed by atoms with Gasteiger partial charge in [-0.15, -0.1) is 0 Å². The summed E-state index contributed by atoms with van der Waals surface area (Å²) in [5.74, 6) is 0.400. The van der Waals surface area contributed by atoms with Crippen molar-refractivity contribution in [2.24, 2.45) is 0 Å². The molecular weight excluding hydrogens is 278 g/mol. The van der Waals surface area contributed by atoms with Gasteiger partial charge in [0.15, 0.2) is 0 Å². The maximum atomic E-state index is 11.0. The highest BCUT2D eigenvalue weighted by atomic mass is 16.1. The fraction of sp³-hybridized carbons (Fsp3) is 0.250. The van der Waals surface area contributed by atoms with Crippen LogP contribution in [0.15, 0.2) is 18.2 Å². The lowest BCUT2D eigenvalue weighted by Gasteiger charge is -2.10. The van der Waals surface area contributed by atoms with Crippen molar-refractivity contribution >= 4 is 23.3 Å². The molecule has 0 fully saturated rings. The second kappa shape index (κ2) is 5.22.